The van der Waals surface area contributed by atoms with E-state index >= 15 is 0 Å². The molecule has 0 fully saturated rings. The Labute approximate surface area is 105 Å². The summed E-state index contributed by atoms with van der Waals surface area (Å²) in [7, 11) is 0. The minimum absolute atomic E-state index is 0.0717. The van der Waals surface area contributed by atoms with E-state index in [1.165, 1.54) is 12.1 Å². The maximum atomic E-state index is 13.4. The Balaban J connectivity index is 2.05. The van der Waals surface area contributed by atoms with Crippen molar-refractivity contribution in [3.63, 3.8) is 0 Å². The lowest BCUT2D eigenvalue weighted by molar-refractivity contribution is 0.0947. The molecule has 0 aliphatic heterocycles. The van der Waals surface area contributed by atoms with Gasteiger partial charge in [-0.15, -0.1) is 0 Å². The molecule has 3 nitrogen and oxygen atoms in total. The summed E-state index contributed by atoms with van der Waals surface area (Å²) in [4.78, 5) is 15.0. The molecule has 0 spiro atoms. The quantitative estimate of drug-likeness (QED) is 0.859. The fourth-order valence-corrected chi connectivity index (χ4v) is 1.88. The Bertz CT molecular complexity index is 575. The van der Waals surface area contributed by atoms with Gasteiger partial charge in [-0.25, -0.2) is 4.39 Å². The Hall–Kier alpha value is -2.10. The van der Waals surface area contributed by atoms with Gasteiger partial charge in [0.2, 0.25) is 0 Å². The molecule has 0 saturated heterocycles. The lowest BCUT2D eigenvalue weighted by Gasteiger charge is -2.05. The number of nitrogens with one attached hydrogen (secondary N) is 2. The molecule has 2 aromatic rings. The van der Waals surface area contributed by atoms with Crippen molar-refractivity contribution in [1.29, 1.82) is 0 Å². The van der Waals surface area contributed by atoms with E-state index in [-0.39, 0.29) is 5.56 Å². The van der Waals surface area contributed by atoms with Crippen LogP contribution in [0.1, 0.15) is 27.3 Å². The van der Waals surface area contributed by atoms with Crippen LogP contribution in [-0.4, -0.2) is 10.9 Å². The van der Waals surface area contributed by atoms with Gasteiger partial charge >= 0.3 is 0 Å². The molecule has 4 heteroatoms. The summed E-state index contributed by atoms with van der Waals surface area (Å²) in [6, 6.07) is 7.92. The predicted octanol–water partition coefficient (Wildman–Crippen LogP) is 2.70. The second-order valence-corrected chi connectivity index (χ2v) is 4.27. The minimum Gasteiger partial charge on any atom is -0.362 e. The van der Waals surface area contributed by atoms with Gasteiger partial charge in [-0.1, -0.05) is 12.1 Å². The molecule has 0 aliphatic rings. The van der Waals surface area contributed by atoms with Crippen molar-refractivity contribution in [3.8, 4) is 0 Å². The van der Waals surface area contributed by atoms with Gasteiger partial charge in [-0.05, 0) is 37.6 Å². The summed E-state index contributed by atoms with van der Waals surface area (Å²) in [5.74, 6) is -0.900. The first-order chi connectivity index (χ1) is 8.58. The van der Waals surface area contributed by atoms with Crippen molar-refractivity contribution in [2.24, 2.45) is 0 Å². The lowest BCUT2D eigenvalue weighted by Crippen LogP contribution is -2.23. The van der Waals surface area contributed by atoms with Crippen molar-refractivity contribution in [2.45, 2.75) is 20.4 Å². The topological polar surface area (TPSA) is 44.9 Å². The summed E-state index contributed by atoms with van der Waals surface area (Å²) in [6.07, 6.45) is 0. The number of benzene rings is 1. The molecular weight excluding hydrogens is 231 g/mol. The van der Waals surface area contributed by atoms with Crippen molar-refractivity contribution < 1.29 is 9.18 Å². The molecule has 18 heavy (non-hydrogen) atoms. The molecule has 0 saturated carbocycles. The Kier molecular flexibility index (Phi) is 3.46. The van der Waals surface area contributed by atoms with Gasteiger partial charge in [0.15, 0.2) is 0 Å². The van der Waals surface area contributed by atoms with Crippen LogP contribution in [0.4, 0.5) is 4.39 Å². The summed E-state index contributed by atoms with van der Waals surface area (Å²) in [5, 5.41) is 2.71. The van der Waals surface area contributed by atoms with Gasteiger partial charge < -0.3 is 10.3 Å². The zero-order valence-corrected chi connectivity index (χ0v) is 10.4. The number of hydrogen-bond donors (Lipinski definition) is 2. The smallest absolute Gasteiger partial charge is 0.254 e. The number of halogens is 1. The molecule has 2 N–H and O–H groups in total. The molecule has 0 atom stereocenters. The fourth-order valence-electron chi connectivity index (χ4n) is 1.88. The first kappa shape index (κ1) is 12.4. The number of rotatable bonds is 3. The Morgan fingerprint density at radius 3 is 2.67 bits per heavy atom. The van der Waals surface area contributed by atoms with Crippen LogP contribution in [-0.2, 0) is 6.54 Å². The highest BCUT2D eigenvalue weighted by molar-refractivity contribution is 5.94. The number of aromatic nitrogens is 1. The number of aromatic amines is 1. The number of aryl methyl sites for hydroxylation is 2. The molecule has 1 aromatic carbocycles. The van der Waals surface area contributed by atoms with Crippen LogP contribution in [0.15, 0.2) is 30.3 Å². The van der Waals surface area contributed by atoms with Crippen LogP contribution < -0.4 is 5.32 Å². The third-order valence-electron chi connectivity index (χ3n) is 2.81. The minimum atomic E-state index is -0.503. The molecule has 1 aromatic heterocycles. The van der Waals surface area contributed by atoms with E-state index in [1.54, 1.807) is 12.1 Å². The SMILES string of the molecule is Cc1cc(CNC(=O)c2ccccc2F)c(C)[nH]1. The van der Waals surface area contributed by atoms with E-state index in [1.807, 2.05) is 19.9 Å². The van der Waals surface area contributed by atoms with E-state index in [9.17, 15) is 9.18 Å². The van der Waals surface area contributed by atoms with Gasteiger partial charge in [-0.3, -0.25) is 4.79 Å². The zero-order chi connectivity index (χ0) is 13.1. The van der Waals surface area contributed by atoms with E-state index in [4.69, 9.17) is 0 Å². The number of carbonyl (C=O) groups is 1. The maximum Gasteiger partial charge on any atom is 0.254 e. The molecule has 0 bridgehead atoms. The van der Waals surface area contributed by atoms with Gasteiger partial charge in [-0.2, -0.15) is 0 Å². The first-order valence-corrected chi connectivity index (χ1v) is 5.75. The van der Waals surface area contributed by atoms with Gasteiger partial charge in [0.25, 0.3) is 5.91 Å². The molecule has 2 rings (SSSR count). The van der Waals surface area contributed by atoms with E-state index in [0.717, 1.165) is 17.0 Å². The lowest BCUT2D eigenvalue weighted by atomic mass is 10.2. The second-order valence-electron chi connectivity index (χ2n) is 4.27. The highest BCUT2D eigenvalue weighted by Crippen LogP contribution is 2.10. The number of amides is 1. The Morgan fingerprint density at radius 1 is 1.33 bits per heavy atom. The zero-order valence-electron chi connectivity index (χ0n) is 10.4. The monoisotopic (exact) mass is 246 g/mol. The van der Waals surface area contributed by atoms with Crippen molar-refractivity contribution in [2.75, 3.05) is 0 Å². The summed E-state index contributed by atoms with van der Waals surface area (Å²) in [6.45, 7) is 4.29. The largest absolute Gasteiger partial charge is 0.362 e. The molecule has 0 radical (unpaired) electrons. The van der Waals surface area contributed by atoms with Gasteiger partial charge in [0.1, 0.15) is 5.82 Å². The molecule has 94 valence electrons. The van der Waals surface area contributed by atoms with Crippen molar-refractivity contribution in [3.05, 3.63) is 58.7 Å². The van der Waals surface area contributed by atoms with E-state index < -0.39 is 11.7 Å². The fraction of sp³-hybridized carbons (Fsp3) is 0.214. The average Bonchev–Trinajstić information content (AvgIpc) is 2.65. The second kappa shape index (κ2) is 5.04. The molecule has 1 amide bonds. The predicted molar refractivity (Wildman–Crippen MR) is 67.8 cm³/mol. The highest BCUT2D eigenvalue weighted by atomic mass is 19.1. The summed E-state index contributed by atoms with van der Waals surface area (Å²) < 4.78 is 13.4. The highest BCUT2D eigenvalue weighted by Gasteiger charge is 2.11. The molecule has 1 heterocycles. The summed E-state index contributed by atoms with van der Waals surface area (Å²) in [5.41, 5.74) is 3.14. The standard InChI is InChI=1S/C14H15FN2O/c1-9-7-11(10(2)17-9)8-16-14(18)12-5-3-4-6-13(12)15/h3-7,17H,8H2,1-2H3,(H,16,18). The van der Waals surface area contributed by atoms with E-state index in [2.05, 4.69) is 10.3 Å². The number of hydrogen-bond acceptors (Lipinski definition) is 1. The van der Waals surface area contributed by atoms with Crippen LogP contribution in [0.3, 0.4) is 0 Å². The third-order valence-corrected chi connectivity index (χ3v) is 2.81. The average molecular weight is 246 g/mol. The Morgan fingerprint density at radius 2 is 2.06 bits per heavy atom. The number of carbonyl (C=O) groups excluding carboxylic acids is 1. The summed E-state index contributed by atoms with van der Waals surface area (Å²) >= 11 is 0. The third kappa shape index (κ3) is 2.59. The first-order valence-electron chi connectivity index (χ1n) is 5.75. The van der Waals surface area contributed by atoms with E-state index in [0.29, 0.717) is 6.54 Å². The maximum absolute atomic E-state index is 13.4. The van der Waals surface area contributed by atoms with Crippen molar-refractivity contribution >= 4 is 5.91 Å². The molecular formula is C14H15FN2O. The van der Waals surface area contributed by atoms with Crippen LogP contribution in [0.25, 0.3) is 0 Å². The normalized spacial score (nSPS) is 10.4. The van der Waals surface area contributed by atoms with Crippen LogP contribution in [0.2, 0.25) is 0 Å². The van der Waals surface area contributed by atoms with Crippen LogP contribution in [0, 0.1) is 19.7 Å². The number of H-pyrrole nitrogens is 1. The van der Waals surface area contributed by atoms with Crippen LogP contribution >= 0.6 is 0 Å². The van der Waals surface area contributed by atoms with Crippen molar-refractivity contribution in [1.82, 2.24) is 10.3 Å². The van der Waals surface area contributed by atoms with Gasteiger partial charge in [0, 0.05) is 17.9 Å². The van der Waals surface area contributed by atoms with Gasteiger partial charge in [0.05, 0.1) is 5.56 Å². The van der Waals surface area contributed by atoms with Crippen LogP contribution in [0.5, 0.6) is 0 Å². The molecule has 0 aliphatic carbocycles. The molecule has 0 unspecified atom stereocenters.